The van der Waals surface area contributed by atoms with Gasteiger partial charge in [0, 0.05) is 0 Å². The zero-order chi connectivity index (χ0) is 12.7. The van der Waals surface area contributed by atoms with Gasteiger partial charge in [-0.3, -0.25) is 0 Å². The molecule has 0 bridgehead atoms. The third-order valence-electron chi connectivity index (χ3n) is 2.48. The van der Waals surface area contributed by atoms with Crippen molar-refractivity contribution < 1.29 is 0 Å². The normalized spacial score (nSPS) is 10.7. The summed E-state index contributed by atoms with van der Waals surface area (Å²) < 4.78 is 2.52. The van der Waals surface area contributed by atoms with Gasteiger partial charge in [-0.1, -0.05) is 0 Å². The van der Waals surface area contributed by atoms with Crippen molar-refractivity contribution >= 4 is 27.2 Å². The molecule has 0 atom stereocenters. The first kappa shape index (κ1) is 10.7. The lowest BCUT2D eigenvalue weighted by Crippen LogP contribution is -2.00. The average Bonchev–Trinajstić information content (AvgIpc) is 2.92. The van der Waals surface area contributed by atoms with Gasteiger partial charge in [0.15, 0.2) is 0 Å². The number of benzene rings is 1. The Bertz CT molecular complexity index is 779. The van der Waals surface area contributed by atoms with Crippen molar-refractivity contribution in [2.75, 3.05) is 5.73 Å². The maximum absolute atomic E-state index is 8.71. The Morgan fingerprint density at radius 2 is 2.28 bits per heavy atom. The van der Waals surface area contributed by atoms with Gasteiger partial charge in [0.1, 0.15) is 12.4 Å². The molecule has 3 rings (SSSR count). The molecule has 0 fully saturated rings. The van der Waals surface area contributed by atoms with E-state index < -0.39 is 0 Å². The summed E-state index contributed by atoms with van der Waals surface area (Å²) in [5, 5.41) is 13.7. The third-order valence-corrected chi connectivity index (χ3v) is 3.42. The molecule has 0 spiro atoms. The zero-order valence-corrected chi connectivity index (χ0v) is 10.3. The van der Waals surface area contributed by atoms with Crippen LogP contribution in [0.2, 0.25) is 0 Å². The lowest BCUT2D eigenvalue weighted by molar-refractivity contribution is 0.876. The van der Waals surface area contributed by atoms with E-state index in [0.29, 0.717) is 11.4 Å². The average molecular weight is 256 g/mol. The van der Waals surface area contributed by atoms with Crippen molar-refractivity contribution in [3.8, 4) is 11.8 Å². The molecule has 0 radical (unpaired) electrons. The first-order valence-corrected chi connectivity index (χ1v) is 5.98. The molecule has 88 valence electrons. The van der Waals surface area contributed by atoms with Crippen LogP contribution in [-0.4, -0.2) is 19.7 Å². The van der Waals surface area contributed by atoms with E-state index in [1.807, 2.05) is 25.1 Å². The number of nitrogen functional groups attached to an aromatic ring is 1. The molecule has 0 unspecified atom stereocenters. The highest BCUT2D eigenvalue weighted by Gasteiger charge is 2.09. The zero-order valence-electron chi connectivity index (χ0n) is 9.45. The Labute approximate surface area is 106 Å². The molecule has 18 heavy (non-hydrogen) atoms. The second-order valence-corrected chi connectivity index (χ2v) is 4.97. The Kier molecular flexibility index (Phi) is 2.25. The Morgan fingerprint density at radius 1 is 1.44 bits per heavy atom. The van der Waals surface area contributed by atoms with E-state index in [1.165, 1.54) is 11.0 Å². The number of nitrogens with two attached hydrogens (primary N) is 1. The lowest BCUT2D eigenvalue weighted by Gasteiger charge is -2.04. The summed E-state index contributed by atoms with van der Waals surface area (Å²) in [4.78, 5) is 8.26. The summed E-state index contributed by atoms with van der Waals surface area (Å²) in [6.07, 6.45) is 1.47. The summed E-state index contributed by atoms with van der Waals surface area (Å²) in [7, 11) is 0. The predicted molar refractivity (Wildman–Crippen MR) is 68.4 cm³/mol. The standard InChI is InChI=1S/C11H8N6S/c1-6-15-8-3-9(7(13)2-10(8)18-6)17-5-14-11(4-12)16-17/h2-3,5H,13H2,1H3. The van der Waals surface area contributed by atoms with Crippen LogP contribution in [0.3, 0.4) is 0 Å². The number of nitrogens with zero attached hydrogens (tertiary/aromatic N) is 5. The number of fused-ring (bicyclic) bond motifs is 1. The second kappa shape index (κ2) is 3.78. The minimum atomic E-state index is 0.115. The Balaban J connectivity index is 2.22. The van der Waals surface area contributed by atoms with E-state index in [1.54, 1.807) is 11.3 Å². The lowest BCUT2D eigenvalue weighted by atomic mass is 10.2. The van der Waals surface area contributed by atoms with Crippen molar-refractivity contribution in [1.29, 1.82) is 5.26 Å². The van der Waals surface area contributed by atoms with E-state index in [2.05, 4.69) is 15.1 Å². The number of hydrogen-bond donors (Lipinski definition) is 1. The van der Waals surface area contributed by atoms with Crippen LogP contribution in [-0.2, 0) is 0 Å². The first-order chi connectivity index (χ1) is 8.67. The third kappa shape index (κ3) is 1.59. The van der Waals surface area contributed by atoms with Gasteiger partial charge in [0.25, 0.3) is 5.82 Å². The van der Waals surface area contributed by atoms with Gasteiger partial charge in [-0.2, -0.15) is 5.26 Å². The molecule has 2 heterocycles. The molecule has 0 aliphatic carbocycles. The van der Waals surface area contributed by atoms with Crippen LogP contribution in [0.4, 0.5) is 5.69 Å². The van der Waals surface area contributed by atoms with Crippen molar-refractivity contribution in [2.45, 2.75) is 6.92 Å². The summed E-state index contributed by atoms with van der Waals surface area (Å²) in [5.41, 5.74) is 8.12. The van der Waals surface area contributed by atoms with Crippen molar-refractivity contribution in [3.63, 3.8) is 0 Å². The van der Waals surface area contributed by atoms with Crippen LogP contribution in [0.5, 0.6) is 0 Å². The molecule has 3 aromatic rings. The van der Waals surface area contributed by atoms with Crippen LogP contribution in [0.25, 0.3) is 15.9 Å². The van der Waals surface area contributed by atoms with Gasteiger partial charge < -0.3 is 5.73 Å². The summed E-state index contributed by atoms with van der Waals surface area (Å²) in [5.74, 6) is 0.115. The SMILES string of the molecule is Cc1nc2cc(-n3cnc(C#N)n3)c(N)cc2s1. The maximum atomic E-state index is 8.71. The number of nitriles is 1. The summed E-state index contributed by atoms with van der Waals surface area (Å²) in [6.45, 7) is 1.95. The molecule has 0 aliphatic heterocycles. The van der Waals surface area contributed by atoms with E-state index >= 15 is 0 Å². The maximum Gasteiger partial charge on any atom is 0.252 e. The molecular weight excluding hydrogens is 248 g/mol. The number of anilines is 1. The smallest absolute Gasteiger partial charge is 0.252 e. The van der Waals surface area contributed by atoms with Gasteiger partial charge in [0.2, 0.25) is 0 Å². The van der Waals surface area contributed by atoms with Crippen molar-refractivity contribution in [3.05, 3.63) is 29.3 Å². The largest absolute Gasteiger partial charge is 0.397 e. The van der Waals surface area contributed by atoms with E-state index in [0.717, 1.165) is 15.2 Å². The van der Waals surface area contributed by atoms with E-state index in [4.69, 9.17) is 11.0 Å². The highest BCUT2D eigenvalue weighted by molar-refractivity contribution is 7.18. The monoisotopic (exact) mass is 256 g/mol. The Morgan fingerprint density at radius 3 is 3.00 bits per heavy atom. The number of aromatic nitrogens is 4. The predicted octanol–water partition coefficient (Wildman–Crippen LogP) is 1.64. The van der Waals surface area contributed by atoms with Crippen LogP contribution in [0, 0.1) is 18.3 Å². The quantitative estimate of drug-likeness (QED) is 0.668. The minimum Gasteiger partial charge on any atom is -0.397 e. The van der Waals surface area contributed by atoms with Crippen LogP contribution in [0.15, 0.2) is 18.5 Å². The summed E-state index contributed by atoms with van der Waals surface area (Å²) in [6, 6.07) is 5.60. The summed E-state index contributed by atoms with van der Waals surface area (Å²) >= 11 is 1.59. The van der Waals surface area contributed by atoms with Gasteiger partial charge in [-0.15, -0.1) is 16.4 Å². The van der Waals surface area contributed by atoms with Crippen LogP contribution >= 0.6 is 11.3 Å². The fourth-order valence-corrected chi connectivity index (χ4v) is 2.58. The van der Waals surface area contributed by atoms with Gasteiger partial charge in [0.05, 0.1) is 26.6 Å². The molecule has 2 N–H and O–H groups in total. The van der Waals surface area contributed by atoms with Gasteiger partial charge in [-0.05, 0) is 19.1 Å². The Hall–Kier alpha value is -2.46. The first-order valence-electron chi connectivity index (χ1n) is 5.16. The highest BCUT2D eigenvalue weighted by atomic mass is 32.1. The van der Waals surface area contributed by atoms with Crippen LogP contribution < -0.4 is 5.73 Å². The fourth-order valence-electron chi connectivity index (χ4n) is 1.72. The number of rotatable bonds is 1. The molecule has 0 amide bonds. The van der Waals surface area contributed by atoms with Gasteiger partial charge in [-0.25, -0.2) is 14.6 Å². The molecule has 6 nitrogen and oxygen atoms in total. The van der Waals surface area contributed by atoms with Crippen molar-refractivity contribution in [1.82, 2.24) is 19.7 Å². The highest BCUT2D eigenvalue weighted by Crippen LogP contribution is 2.28. The van der Waals surface area contributed by atoms with Gasteiger partial charge >= 0.3 is 0 Å². The second-order valence-electron chi connectivity index (χ2n) is 3.74. The molecular formula is C11H8N6S. The molecule has 0 aliphatic rings. The number of thiazole rings is 1. The molecule has 7 heteroatoms. The number of hydrogen-bond acceptors (Lipinski definition) is 6. The molecule has 0 saturated carbocycles. The van der Waals surface area contributed by atoms with Crippen LogP contribution in [0.1, 0.15) is 10.8 Å². The van der Waals surface area contributed by atoms with E-state index in [9.17, 15) is 0 Å². The molecule has 2 aromatic heterocycles. The molecule has 0 saturated heterocycles. The number of aryl methyl sites for hydroxylation is 1. The molecule has 1 aromatic carbocycles. The van der Waals surface area contributed by atoms with E-state index in [-0.39, 0.29) is 5.82 Å². The topological polar surface area (TPSA) is 93.4 Å². The fraction of sp³-hybridized carbons (Fsp3) is 0.0909. The van der Waals surface area contributed by atoms with Crippen molar-refractivity contribution in [2.24, 2.45) is 0 Å². The minimum absolute atomic E-state index is 0.115.